The molecule has 4 heteroatoms. The highest BCUT2D eigenvalue weighted by Gasteiger charge is 2.18. The van der Waals surface area contributed by atoms with Crippen LogP contribution in [-0.2, 0) is 0 Å². The first-order valence-corrected chi connectivity index (χ1v) is 8.02. The van der Waals surface area contributed by atoms with Gasteiger partial charge in [-0.1, -0.05) is 13.0 Å². The van der Waals surface area contributed by atoms with Crippen LogP contribution in [0.1, 0.15) is 31.2 Å². The molecule has 0 aromatic heterocycles. The SMILES string of the molecule is COc1ccc(C(C)CN)cc1OC1CCCSC1. The van der Waals surface area contributed by atoms with Crippen LogP contribution in [-0.4, -0.2) is 31.3 Å². The third kappa shape index (κ3) is 3.80. The molecule has 1 aromatic carbocycles. The lowest BCUT2D eigenvalue weighted by Gasteiger charge is -2.24. The predicted molar refractivity (Wildman–Crippen MR) is 81.4 cm³/mol. The molecule has 0 saturated carbocycles. The molecule has 0 amide bonds. The summed E-state index contributed by atoms with van der Waals surface area (Å²) in [6.07, 6.45) is 2.67. The van der Waals surface area contributed by atoms with Crippen molar-refractivity contribution in [2.45, 2.75) is 31.8 Å². The van der Waals surface area contributed by atoms with Gasteiger partial charge in [-0.2, -0.15) is 11.8 Å². The van der Waals surface area contributed by atoms with Gasteiger partial charge >= 0.3 is 0 Å². The Hall–Kier alpha value is -0.870. The topological polar surface area (TPSA) is 44.5 Å². The second kappa shape index (κ2) is 7.06. The number of rotatable bonds is 5. The second-order valence-electron chi connectivity index (χ2n) is 5.00. The van der Waals surface area contributed by atoms with Crippen molar-refractivity contribution in [1.82, 2.24) is 0 Å². The van der Waals surface area contributed by atoms with Crippen LogP contribution in [0.2, 0.25) is 0 Å². The molecule has 1 heterocycles. The van der Waals surface area contributed by atoms with Gasteiger partial charge in [0.25, 0.3) is 0 Å². The van der Waals surface area contributed by atoms with Gasteiger partial charge in [-0.25, -0.2) is 0 Å². The van der Waals surface area contributed by atoms with Crippen molar-refractivity contribution in [2.75, 3.05) is 25.2 Å². The Balaban J connectivity index is 2.15. The van der Waals surface area contributed by atoms with E-state index in [0.29, 0.717) is 18.6 Å². The summed E-state index contributed by atoms with van der Waals surface area (Å²) in [6, 6.07) is 6.13. The number of methoxy groups -OCH3 is 1. The Labute approximate surface area is 119 Å². The normalized spacial score (nSPS) is 20.9. The van der Waals surface area contributed by atoms with Gasteiger partial charge in [0.2, 0.25) is 0 Å². The summed E-state index contributed by atoms with van der Waals surface area (Å²) in [5.74, 6) is 4.33. The van der Waals surface area contributed by atoms with Crippen LogP contribution in [0.15, 0.2) is 18.2 Å². The Morgan fingerprint density at radius 3 is 2.89 bits per heavy atom. The summed E-state index contributed by atoms with van der Waals surface area (Å²) in [5, 5.41) is 0. The fraction of sp³-hybridized carbons (Fsp3) is 0.600. The van der Waals surface area contributed by atoms with Crippen LogP contribution in [0, 0.1) is 0 Å². The minimum absolute atomic E-state index is 0.302. The zero-order chi connectivity index (χ0) is 13.7. The predicted octanol–water partition coefficient (Wildman–Crippen LogP) is 3.03. The molecule has 2 N–H and O–H groups in total. The highest BCUT2D eigenvalue weighted by Crippen LogP contribution is 2.33. The minimum Gasteiger partial charge on any atom is -0.493 e. The van der Waals surface area contributed by atoms with Crippen LogP contribution in [0.5, 0.6) is 11.5 Å². The van der Waals surface area contributed by atoms with Crippen molar-refractivity contribution in [3.05, 3.63) is 23.8 Å². The van der Waals surface area contributed by atoms with Gasteiger partial charge in [0, 0.05) is 5.75 Å². The maximum Gasteiger partial charge on any atom is 0.161 e. The number of thioether (sulfide) groups is 1. The summed E-state index contributed by atoms with van der Waals surface area (Å²) >= 11 is 1.96. The zero-order valence-electron chi connectivity index (χ0n) is 11.7. The molecule has 2 rings (SSSR count). The Kier molecular flexibility index (Phi) is 5.40. The van der Waals surface area contributed by atoms with Crippen molar-refractivity contribution in [3.8, 4) is 11.5 Å². The van der Waals surface area contributed by atoms with E-state index < -0.39 is 0 Å². The molecule has 1 saturated heterocycles. The summed E-state index contributed by atoms with van der Waals surface area (Å²) in [4.78, 5) is 0. The first-order chi connectivity index (χ1) is 9.24. The smallest absolute Gasteiger partial charge is 0.161 e. The molecule has 2 atom stereocenters. The molecule has 19 heavy (non-hydrogen) atoms. The lowest BCUT2D eigenvalue weighted by Crippen LogP contribution is -2.23. The third-order valence-corrected chi connectivity index (χ3v) is 4.71. The lowest BCUT2D eigenvalue weighted by molar-refractivity contribution is 0.202. The number of ether oxygens (including phenoxy) is 2. The van der Waals surface area contributed by atoms with Crippen molar-refractivity contribution in [3.63, 3.8) is 0 Å². The largest absolute Gasteiger partial charge is 0.493 e. The Bertz CT molecular complexity index is 405. The minimum atomic E-state index is 0.302. The molecular weight excluding hydrogens is 258 g/mol. The molecular formula is C15H23NO2S. The number of hydrogen-bond donors (Lipinski definition) is 1. The lowest BCUT2D eigenvalue weighted by atomic mass is 10.0. The Morgan fingerprint density at radius 1 is 1.42 bits per heavy atom. The van der Waals surface area contributed by atoms with E-state index in [-0.39, 0.29) is 0 Å². The maximum absolute atomic E-state index is 6.13. The zero-order valence-corrected chi connectivity index (χ0v) is 12.5. The molecule has 1 aromatic rings. The number of hydrogen-bond acceptors (Lipinski definition) is 4. The van der Waals surface area contributed by atoms with Gasteiger partial charge in [0.15, 0.2) is 11.5 Å². The van der Waals surface area contributed by atoms with E-state index in [1.807, 2.05) is 17.8 Å². The van der Waals surface area contributed by atoms with Gasteiger partial charge in [0.1, 0.15) is 6.10 Å². The van der Waals surface area contributed by atoms with Crippen LogP contribution in [0.25, 0.3) is 0 Å². The van der Waals surface area contributed by atoms with E-state index in [2.05, 4.69) is 19.1 Å². The van der Waals surface area contributed by atoms with Gasteiger partial charge < -0.3 is 15.2 Å². The van der Waals surface area contributed by atoms with Crippen molar-refractivity contribution >= 4 is 11.8 Å². The fourth-order valence-electron chi connectivity index (χ4n) is 2.21. The molecule has 0 bridgehead atoms. The van der Waals surface area contributed by atoms with E-state index in [1.54, 1.807) is 7.11 Å². The monoisotopic (exact) mass is 281 g/mol. The summed E-state index contributed by atoms with van der Waals surface area (Å²) < 4.78 is 11.5. The summed E-state index contributed by atoms with van der Waals surface area (Å²) in [6.45, 7) is 2.77. The first-order valence-electron chi connectivity index (χ1n) is 6.87. The quantitative estimate of drug-likeness (QED) is 0.901. The molecule has 0 radical (unpaired) electrons. The highest BCUT2D eigenvalue weighted by molar-refractivity contribution is 7.99. The molecule has 106 valence electrons. The molecule has 0 spiro atoms. The van der Waals surface area contributed by atoms with E-state index in [9.17, 15) is 0 Å². The van der Waals surface area contributed by atoms with E-state index in [0.717, 1.165) is 23.7 Å². The van der Waals surface area contributed by atoms with Gasteiger partial charge in [-0.05, 0) is 48.8 Å². The maximum atomic E-state index is 6.13. The van der Waals surface area contributed by atoms with Crippen molar-refractivity contribution < 1.29 is 9.47 Å². The highest BCUT2D eigenvalue weighted by atomic mass is 32.2. The molecule has 2 unspecified atom stereocenters. The average molecular weight is 281 g/mol. The van der Waals surface area contributed by atoms with E-state index in [1.165, 1.54) is 17.7 Å². The van der Waals surface area contributed by atoms with Crippen molar-refractivity contribution in [2.24, 2.45) is 5.73 Å². The second-order valence-corrected chi connectivity index (χ2v) is 6.15. The van der Waals surface area contributed by atoms with Crippen molar-refractivity contribution in [1.29, 1.82) is 0 Å². The van der Waals surface area contributed by atoms with Crippen LogP contribution >= 0.6 is 11.8 Å². The number of nitrogens with two attached hydrogens (primary N) is 1. The van der Waals surface area contributed by atoms with Crippen LogP contribution in [0.3, 0.4) is 0 Å². The summed E-state index contributed by atoms with van der Waals surface area (Å²) in [7, 11) is 1.68. The van der Waals surface area contributed by atoms with Gasteiger partial charge in [0.05, 0.1) is 7.11 Å². The molecule has 3 nitrogen and oxygen atoms in total. The standard InChI is InChI=1S/C15H23NO2S/c1-11(9-16)12-5-6-14(17-2)15(8-12)18-13-4-3-7-19-10-13/h5-6,8,11,13H,3-4,7,9-10,16H2,1-2H3. The Morgan fingerprint density at radius 2 is 2.26 bits per heavy atom. The molecule has 1 aliphatic rings. The van der Waals surface area contributed by atoms with Gasteiger partial charge in [-0.3, -0.25) is 0 Å². The number of benzene rings is 1. The third-order valence-electron chi connectivity index (χ3n) is 3.52. The summed E-state index contributed by atoms with van der Waals surface area (Å²) in [5.41, 5.74) is 6.94. The molecule has 0 aliphatic carbocycles. The van der Waals surface area contributed by atoms with Crippen LogP contribution in [0.4, 0.5) is 0 Å². The fourth-order valence-corrected chi connectivity index (χ4v) is 3.25. The molecule has 1 fully saturated rings. The average Bonchev–Trinajstić information content (AvgIpc) is 2.47. The first kappa shape index (κ1) is 14.5. The van der Waals surface area contributed by atoms with Crippen LogP contribution < -0.4 is 15.2 Å². The van der Waals surface area contributed by atoms with E-state index >= 15 is 0 Å². The van der Waals surface area contributed by atoms with Gasteiger partial charge in [-0.15, -0.1) is 0 Å². The van der Waals surface area contributed by atoms with E-state index in [4.69, 9.17) is 15.2 Å². The molecule has 1 aliphatic heterocycles.